The molecule has 4 heteroatoms. The van der Waals surface area contributed by atoms with Crippen molar-refractivity contribution >= 4 is 11.6 Å². The highest BCUT2D eigenvalue weighted by atomic mass is 35.5. The SMILES string of the molecule is Cc1ccc(-c2nc(C)c(C)c(Cl)n2)o1. The van der Waals surface area contributed by atoms with E-state index in [4.69, 9.17) is 16.0 Å². The van der Waals surface area contributed by atoms with Gasteiger partial charge in [0.05, 0.1) is 0 Å². The van der Waals surface area contributed by atoms with Crippen LogP contribution in [0.2, 0.25) is 5.15 Å². The minimum absolute atomic E-state index is 0.478. The van der Waals surface area contributed by atoms with Crippen molar-refractivity contribution in [1.29, 1.82) is 0 Å². The molecule has 2 rings (SSSR count). The number of rotatable bonds is 1. The summed E-state index contributed by atoms with van der Waals surface area (Å²) in [4.78, 5) is 8.51. The molecule has 3 nitrogen and oxygen atoms in total. The first-order valence-electron chi connectivity index (χ1n) is 4.65. The number of aromatic nitrogens is 2. The van der Waals surface area contributed by atoms with E-state index in [9.17, 15) is 0 Å². The van der Waals surface area contributed by atoms with Crippen molar-refractivity contribution in [3.8, 4) is 11.6 Å². The Labute approximate surface area is 93.1 Å². The predicted molar refractivity (Wildman–Crippen MR) is 59.0 cm³/mol. The van der Waals surface area contributed by atoms with Crippen LogP contribution in [0.15, 0.2) is 16.5 Å². The van der Waals surface area contributed by atoms with E-state index in [1.807, 2.05) is 32.9 Å². The van der Waals surface area contributed by atoms with Crippen LogP contribution in [0, 0.1) is 20.8 Å². The molecular formula is C11H11ClN2O. The van der Waals surface area contributed by atoms with Gasteiger partial charge in [-0.15, -0.1) is 0 Å². The minimum atomic E-state index is 0.478. The number of furan rings is 1. The summed E-state index contributed by atoms with van der Waals surface area (Å²) >= 11 is 5.98. The van der Waals surface area contributed by atoms with Crippen LogP contribution in [0.5, 0.6) is 0 Å². The Balaban J connectivity index is 2.55. The van der Waals surface area contributed by atoms with Gasteiger partial charge in [-0.3, -0.25) is 0 Å². The molecule has 0 unspecified atom stereocenters. The highest BCUT2D eigenvalue weighted by Crippen LogP contribution is 2.22. The van der Waals surface area contributed by atoms with Crippen molar-refractivity contribution in [2.45, 2.75) is 20.8 Å². The molecule has 0 saturated carbocycles. The van der Waals surface area contributed by atoms with Gasteiger partial charge in [0.25, 0.3) is 0 Å². The summed E-state index contributed by atoms with van der Waals surface area (Å²) in [6.07, 6.45) is 0. The van der Waals surface area contributed by atoms with Crippen LogP contribution in [0.25, 0.3) is 11.6 Å². The number of nitrogens with zero attached hydrogens (tertiary/aromatic N) is 2. The van der Waals surface area contributed by atoms with E-state index < -0.39 is 0 Å². The molecule has 0 aliphatic carbocycles. The second kappa shape index (κ2) is 3.66. The van der Waals surface area contributed by atoms with E-state index in [0.717, 1.165) is 17.0 Å². The third-order valence-electron chi connectivity index (χ3n) is 2.29. The van der Waals surface area contributed by atoms with Gasteiger partial charge in [0.2, 0.25) is 0 Å². The van der Waals surface area contributed by atoms with Crippen LogP contribution in [-0.4, -0.2) is 9.97 Å². The molecule has 0 radical (unpaired) electrons. The molecule has 0 spiro atoms. The van der Waals surface area contributed by atoms with Gasteiger partial charge >= 0.3 is 0 Å². The molecule has 78 valence electrons. The van der Waals surface area contributed by atoms with Gasteiger partial charge in [0, 0.05) is 11.3 Å². The third-order valence-corrected chi connectivity index (χ3v) is 2.66. The molecule has 2 aromatic rings. The van der Waals surface area contributed by atoms with Crippen LogP contribution in [0.1, 0.15) is 17.0 Å². The lowest BCUT2D eigenvalue weighted by Gasteiger charge is -2.03. The molecular weight excluding hydrogens is 212 g/mol. The van der Waals surface area contributed by atoms with Gasteiger partial charge in [-0.1, -0.05) is 11.6 Å². The summed E-state index contributed by atoms with van der Waals surface area (Å²) < 4.78 is 5.44. The smallest absolute Gasteiger partial charge is 0.197 e. The summed E-state index contributed by atoms with van der Waals surface area (Å²) in [6.45, 7) is 5.68. The Bertz CT molecular complexity index is 482. The van der Waals surface area contributed by atoms with Gasteiger partial charge in [-0.25, -0.2) is 9.97 Å². The van der Waals surface area contributed by atoms with Gasteiger partial charge in [-0.05, 0) is 32.9 Å². The van der Waals surface area contributed by atoms with Crippen molar-refractivity contribution < 1.29 is 4.42 Å². The largest absolute Gasteiger partial charge is 0.458 e. The van der Waals surface area contributed by atoms with E-state index in [1.165, 1.54) is 0 Å². The third kappa shape index (κ3) is 1.88. The zero-order chi connectivity index (χ0) is 11.0. The maximum Gasteiger partial charge on any atom is 0.197 e. The normalized spacial score (nSPS) is 10.7. The van der Waals surface area contributed by atoms with E-state index in [1.54, 1.807) is 0 Å². The van der Waals surface area contributed by atoms with Gasteiger partial charge in [-0.2, -0.15) is 0 Å². The first-order valence-corrected chi connectivity index (χ1v) is 5.03. The molecule has 0 aliphatic rings. The molecule has 0 fully saturated rings. The molecule has 0 saturated heterocycles. The highest BCUT2D eigenvalue weighted by Gasteiger charge is 2.10. The van der Waals surface area contributed by atoms with Crippen molar-refractivity contribution in [2.75, 3.05) is 0 Å². The predicted octanol–water partition coefficient (Wildman–Crippen LogP) is 3.32. The fourth-order valence-electron chi connectivity index (χ4n) is 1.26. The molecule has 0 N–H and O–H groups in total. The average molecular weight is 223 g/mol. The van der Waals surface area contributed by atoms with E-state index in [0.29, 0.717) is 16.7 Å². The summed E-state index contributed by atoms with van der Waals surface area (Å²) in [5.41, 5.74) is 1.78. The van der Waals surface area contributed by atoms with Crippen LogP contribution < -0.4 is 0 Å². The van der Waals surface area contributed by atoms with Crippen LogP contribution in [-0.2, 0) is 0 Å². The molecule has 0 aromatic carbocycles. The lowest BCUT2D eigenvalue weighted by atomic mass is 10.2. The maximum absolute atomic E-state index is 5.98. The van der Waals surface area contributed by atoms with Crippen LogP contribution in [0.3, 0.4) is 0 Å². The van der Waals surface area contributed by atoms with Gasteiger partial charge < -0.3 is 4.42 Å². The zero-order valence-corrected chi connectivity index (χ0v) is 9.59. The number of halogens is 1. The quantitative estimate of drug-likeness (QED) is 0.695. The van der Waals surface area contributed by atoms with Crippen molar-refractivity contribution in [3.05, 3.63) is 34.3 Å². The Kier molecular flexibility index (Phi) is 2.49. The van der Waals surface area contributed by atoms with E-state index >= 15 is 0 Å². The lowest BCUT2D eigenvalue weighted by molar-refractivity contribution is 0.543. The first kappa shape index (κ1) is 10.2. The van der Waals surface area contributed by atoms with Crippen LogP contribution >= 0.6 is 11.6 Å². The number of hydrogen-bond donors (Lipinski definition) is 0. The summed E-state index contributed by atoms with van der Waals surface area (Å²) in [5, 5.41) is 0.478. The number of hydrogen-bond acceptors (Lipinski definition) is 3. The monoisotopic (exact) mass is 222 g/mol. The fraction of sp³-hybridized carbons (Fsp3) is 0.273. The fourth-order valence-corrected chi connectivity index (χ4v) is 1.48. The molecule has 0 atom stereocenters. The summed E-state index contributed by atoms with van der Waals surface area (Å²) in [6, 6.07) is 3.72. The standard InChI is InChI=1S/C11H11ClN2O/c1-6-4-5-9(15-6)11-13-8(3)7(2)10(12)14-11/h4-5H,1-3H3. The highest BCUT2D eigenvalue weighted by molar-refractivity contribution is 6.30. The van der Waals surface area contributed by atoms with Gasteiger partial charge in [0.15, 0.2) is 11.6 Å². The zero-order valence-electron chi connectivity index (χ0n) is 8.84. The van der Waals surface area contributed by atoms with Gasteiger partial charge in [0.1, 0.15) is 10.9 Å². The van der Waals surface area contributed by atoms with Crippen LogP contribution in [0.4, 0.5) is 0 Å². The first-order chi connectivity index (χ1) is 7.08. The van der Waals surface area contributed by atoms with Crippen molar-refractivity contribution in [2.24, 2.45) is 0 Å². The Hall–Kier alpha value is -1.35. The molecule has 0 amide bonds. The lowest BCUT2D eigenvalue weighted by Crippen LogP contribution is -1.95. The molecule has 0 aliphatic heterocycles. The van der Waals surface area contributed by atoms with E-state index in [-0.39, 0.29) is 0 Å². The number of aryl methyl sites for hydroxylation is 2. The summed E-state index contributed by atoms with van der Waals surface area (Å²) in [7, 11) is 0. The second-order valence-electron chi connectivity index (χ2n) is 3.46. The Morgan fingerprint density at radius 1 is 1.13 bits per heavy atom. The maximum atomic E-state index is 5.98. The molecule has 2 heterocycles. The molecule has 15 heavy (non-hydrogen) atoms. The average Bonchev–Trinajstić information content (AvgIpc) is 2.60. The minimum Gasteiger partial charge on any atom is -0.458 e. The Morgan fingerprint density at radius 3 is 2.40 bits per heavy atom. The molecule has 0 bridgehead atoms. The Morgan fingerprint density at radius 2 is 1.87 bits per heavy atom. The topological polar surface area (TPSA) is 38.9 Å². The second-order valence-corrected chi connectivity index (χ2v) is 3.82. The van der Waals surface area contributed by atoms with Crippen molar-refractivity contribution in [3.63, 3.8) is 0 Å². The molecule has 2 aromatic heterocycles. The summed E-state index contributed by atoms with van der Waals surface area (Å²) in [5.74, 6) is 2.02. The van der Waals surface area contributed by atoms with Crippen molar-refractivity contribution in [1.82, 2.24) is 9.97 Å². The van der Waals surface area contributed by atoms with E-state index in [2.05, 4.69) is 9.97 Å².